The van der Waals surface area contributed by atoms with Crippen molar-refractivity contribution in [2.24, 2.45) is 5.92 Å². The summed E-state index contributed by atoms with van der Waals surface area (Å²) in [5.41, 5.74) is 0.972. The van der Waals surface area contributed by atoms with E-state index in [2.05, 4.69) is 0 Å². The average molecular weight is 282 g/mol. The Hall–Kier alpha value is -2.39. The van der Waals surface area contributed by atoms with Gasteiger partial charge in [0.2, 0.25) is 0 Å². The monoisotopic (exact) mass is 282 g/mol. The van der Waals surface area contributed by atoms with Crippen LogP contribution in [0.15, 0.2) is 66.7 Å². The van der Waals surface area contributed by atoms with Gasteiger partial charge in [0.25, 0.3) is 0 Å². The molecular formula is C18H18O3. The average Bonchev–Trinajstić information content (AvgIpc) is 2.53. The summed E-state index contributed by atoms with van der Waals surface area (Å²) < 4.78 is 5.22. The third kappa shape index (κ3) is 4.58. The van der Waals surface area contributed by atoms with Crippen molar-refractivity contribution in [1.82, 2.24) is 0 Å². The van der Waals surface area contributed by atoms with E-state index in [4.69, 9.17) is 4.74 Å². The van der Waals surface area contributed by atoms with Gasteiger partial charge in [0.05, 0.1) is 12.0 Å². The van der Waals surface area contributed by atoms with Gasteiger partial charge in [-0.25, -0.2) is 0 Å². The van der Waals surface area contributed by atoms with Gasteiger partial charge in [-0.15, -0.1) is 0 Å². The molecule has 0 saturated heterocycles. The molecule has 21 heavy (non-hydrogen) atoms. The number of ether oxygens (including phenoxy) is 1. The lowest BCUT2D eigenvalue weighted by molar-refractivity contribution is -0.140. The number of benzene rings is 2. The number of hydrogen-bond acceptors (Lipinski definition) is 3. The quantitative estimate of drug-likeness (QED) is 0.676. The molecule has 0 amide bonds. The van der Waals surface area contributed by atoms with Crippen molar-refractivity contribution in [1.29, 1.82) is 0 Å². The Morgan fingerprint density at radius 1 is 1.05 bits per heavy atom. The van der Waals surface area contributed by atoms with Crippen LogP contribution in [-0.4, -0.2) is 17.2 Å². The number of carbonyl (C=O) groups is 1. The summed E-state index contributed by atoms with van der Waals surface area (Å²) in [6.07, 6.45) is 2.50. The maximum absolute atomic E-state index is 11.9. The number of hydrogen-bond donors (Lipinski definition) is 1. The van der Waals surface area contributed by atoms with E-state index in [1.165, 1.54) is 0 Å². The molecule has 0 bridgehead atoms. The normalized spacial score (nSPS) is 13.8. The molecule has 0 heterocycles. The highest BCUT2D eigenvalue weighted by atomic mass is 16.5. The van der Waals surface area contributed by atoms with Crippen LogP contribution in [0.4, 0.5) is 0 Å². The Bertz CT molecular complexity index is 590. The number of esters is 1. The van der Waals surface area contributed by atoms with Crippen molar-refractivity contribution in [2.45, 2.75) is 13.0 Å². The van der Waals surface area contributed by atoms with Crippen LogP contribution in [0.25, 0.3) is 6.08 Å². The summed E-state index contributed by atoms with van der Waals surface area (Å²) >= 11 is 0. The largest absolute Gasteiger partial charge is 0.426 e. The Kier molecular flexibility index (Phi) is 5.29. The van der Waals surface area contributed by atoms with Crippen molar-refractivity contribution in [3.63, 3.8) is 0 Å². The van der Waals surface area contributed by atoms with Crippen LogP contribution in [-0.2, 0) is 4.79 Å². The fourth-order valence-corrected chi connectivity index (χ4v) is 1.78. The highest BCUT2D eigenvalue weighted by Crippen LogP contribution is 2.14. The van der Waals surface area contributed by atoms with Crippen molar-refractivity contribution < 1.29 is 14.6 Å². The third-order valence-corrected chi connectivity index (χ3v) is 3.13. The number of carbonyl (C=O) groups excluding carboxylic acids is 1. The lowest BCUT2D eigenvalue weighted by atomic mass is 10.0. The van der Waals surface area contributed by atoms with E-state index >= 15 is 0 Å². The van der Waals surface area contributed by atoms with E-state index in [-0.39, 0.29) is 0 Å². The standard InChI is InChI=1S/C18H18O3/c1-14(18(20)21-16-10-6-3-7-11-16)17(19)13-12-15-8-4-2-5-9-15/h2-14,17,19H,1H3/b13-12+. The number of para-hydroxylation sites is 1. The van der Waals surface area contributed by atoms with Gasteiger partial charge in [0, 0.05) is 0 Å². The number of aliphatic hydroxyl groups is 1. The molecule has 0 spiro atoms. The first-order valence-corrected chi connectivity index (χ1v) is 6.85. The molecule has 2 aromatic carbocycles. The summed E-state index contributed by atoms with van der Waals surface area (Å²) in [5.74, 6) is -0.606. The number of aliphatic hydroxyl groups excluding tert-OH is 1. The zero-order valence-electron chi connectivity index (χ0n) is 11.8. The van der Waals surface area contributed by atoms with Crippen LogP contribution in [0.3, 0.4) is 0 Å². The van der Waals surface area contributed by atoms with Gasteiger partial charge in [-0.05, 0) is 24.6 Å². The topological polar surface area (TPSA) is 46.5 Å². The van der Waals surface area contributed by atoms with Gasteiger partial charge in [-0.3, -0.25) is 4.79 Å². The molecule has 2 unspecified atom stereocenters. The summed E-state index contributed by atoms with van der Waals surface area (Å²) in [6, 6.07) is 18.4. The highest BCUT2D eigenvalue weighted by molar-refractivity contribution is 5.75. The summed E-state index contributed by atoms with van der Waals surface area (Å²) in [7, 11) is 0. The second-order valence-corrected chi connectivity index (χ2v) is 4.78. The smallest absolute Gasteiger partial charge is 0.317 e. The van der Waals surface area contributed by atoms with Crippen LogP contribution >= 0.6 is 0 Å². The molecule has 2 aromatic rings. The minimum atomic E-state index is -0.888. The fourth-order valence-electron chi connectivity index (χ4n) is 1.78. The van der Waals surface area contributed by atoms with Crippen LogP contribution in [0.5, 0.6) is 5.75 Å². The molecule has 1 N–H and O–H groups in total. The van der Waals surface area contributed by atoms with Crippen LogP contribution in [0.1, 0.15) is 12.5 Å². The Morgan fingerprint density at radius 2 is 1.62 bits per heavy atom. The summed E-state index contributed by atoms with van der Waals surface area (Å²) in [6.45, 7) is 1.64. The van der Waals surface area contributed by atoms with Crippen LogP contribution in [0.2, 0.25) is 0 Å². The second-order valence-electron chi connectivity index (χ2n) is 4.78. The SMILES string of the molecule is CC(C(=O)Oc1ccccc1)C(O)/C=C/c1ccccc1. The molecule has 2 atom stereocenters. The second kappa shape index (κ2) is 7.41. The Balaban J connectivity index is 1.94. The van der Waals surface area contributed by atoms with Crippen molar-refractivity contribution >= 4 is 12.0 Å². The predicted octanol–water partition coefficient (Wildman–Crippen LogP) is 3.30. The molecule has 0 saturated carbocycles. The van der Waals surface area contributed by atoms with Crippen molar-refractivity contribution in [3.8, 4) is 5.75 Å². The van der Waals surface area contributed by atoms with Crippen LogP contribution in [0, 0.1) is 5.92 Å². The lowest BCUT2D eigenvalue weighted by Gasteiger charge is -2.14. The minimum absolute atomic E-state index is 0.452. The molecule has 0 radical (unpaired) electrons. The molecule has 3 heteroatoms. The first-order chi connectivity index (χ1) is 10.2. The molecule has 0 aromatic heterocycles. The summed E-state index contributed by atoms with van der Waals surface area (Å²) in [5, 5.41) is 10.0. The highest BCUT2D eigenvalue weighted by Gasteiger charge is 2.21. The van der Waals surface area contributed by atoms with Gasteiger partial charge in [0.15, 0.2) is 0 Å². The lowest BCUT2D eigenvalue weighted by Crippen LogP contribution is -2.27. The van der Waals surface area contributed by atoms with E-state index in [0.29, 0.717) is 5.75 Å². The first kappa shape index (κ1) is 15.0. The molecule has 3 nitrogen and oxygen atoms in total. The van der Waals surface area contributed by atoms with Gasteiger partial charge < -0.3 is 9.84 Å². The maximum atomic E-state index is 11.9. The zero-order chi connectivity index (χ0) is 15.1. The van der Waals surface area contributed by atoms with E-state index in [0.717, 1.165) is 5.56 Å². The Morgan fingerprint density at radius 3 is 2.24 bits per heavy atom. The molecule has 2 rings (SSSR count). The maximum Gasteiger partial charge on any atom is 0.317 e. The van der Waals surface area contributed by atoms with Gasteiger partial charge >= 0.3 is 5.97 Å². The van der Waals surface area contributed by atoms with Gasteiger partial charge in [-0.1, -0.05) is 60.7 Å². The van der Waals surface area contributed by atoms with Crippen molar-refractivity contribution in [2.75, 3.05) is 0 Å². The molecule has 108 valence electrons. The molecule has 0 fully saturated rings. The van der Waals surface area contributed by atoms with Crippen molar-refractivity contribution in [3.05, 3.63) is 72.3 Å². The molecule has 0 aliphatic rings. The zero-order valence-corrected chi connectivity index (χ0v) is 11.8. The molecular weight excluding hydrogens is 264 g/mol. The van der Waals surface area contributed by atoms with E-state index in [1.54, 1.807) is 43.3 Å². The van der Waals surface area contributed by atoms with E-state index in [1.807, 2.05) is 36.4 Å². The number of rotatable bonds is 5. The first-order valence-electron chi connectivity index (χ1n) is 6.85. The minimum Gasteiger partial charge on any atom is -0.426 e. The van der Waals surface area contributed by atoms with Gasteiger partial charge in [0.1, 0.15) is 5.75 Å². The van der Waals surface area contributed by atoms with Crippen LogP contribution < -0.4 is 4.74 Å². The van der Waals surface area contributed by atoms with E-state index in [9.17, 15) is 9.90 Å². The fraction of sp³-hybridized carbons (Fsp3) is 0.167. The Labute approximate surface area is 124 Å². The predicted molar refractivity (Wildman–Crippen MR) is 82.7 cm³/mol. The third-order valence-electron chi connectivity index (χ3n) is 3.13. The summed E-state index contributed by atoms with van der Waals surface area (Å²) in [4.78, 5) is 11.9. The van der Waals surface area contributed by atoms with Gasteiger partial charge in [-0.2, -0.15) is 0 Å². The molecule has 0 aliphatic carbocycles. The van der Waals surface area contributed by atoms with E-state index < -0.39 is 18.0 Å². The molecule has 0 aliphatic heterocycles.